The summed E-state index contributed by atoms with van der Waals surface area (Å²) in [4.78, 5) is 32.4. The molecule has 62 heavy (non-hydrogen) atoms. The van der Waals surface area contributed by atoms with Gasteiger partial charge >= 0.3 is 0 Å². The Kier molecular flexibility index (Phi) is 10.8. The number of aryl methyl sites for hydroxylation is 1. The standard InChI is InChI=1S/C52H73N3O7/c1-30-22-32(26-34(23-30)52(60)16-20-61-21-17-52)25-33-28-55(36-12-18-54-43(33)36)29-35-42-41(31(2)24-37(56)46-47(3,4)62-46)38(57)27-51(42,8)50(7)14-10-39-48(5,15-19-53-9)40(58)11-13-49(39,6)45(50)44(35)59/h12,18,22-23,26,28,31,35,37,39,44-46,53-54,56,59-60H,10-11,13-17,19-21,24-25,27,29H2,1-9H3. The van der Waals surface area contributed by atoms with Gasteiger partial charge in [-0.1, -0.05) is 58.4 Å². The van der Waals surface area contributed by atoms with Crippen molar-refractivity contribution in [3.63, 3.8) is 0 Å². The van der Waals surface area contributed by atoms with Crippen molar-refractivity contribution in [2.75, 3.05) is 26.8 Å². The van der Waals surface area contributed by atoms with E-state index < -0.39 is 34.1 Å². The number of fused-ring (bicyclic) bond motifs is 6. The van der Waals surface area contributed by atoms with E-state index in [1.807, 2.05) is 27.1 Å². The fourth-order valence-corrected chi connectivity index (χ4v) is 15.0. The quantitative estimate of drug-likeness (QED) is 0.116. The highest BCUT2D eigenvalue weighted by Crippen LogP contribution is 2.75. The fraction of sp³-hybridized carbons (Fsp3) is 0.692. The van der Waals surface area contributed by atoms with Crippen LogP contribution in [0.1, 0.15) is 129 Å². The molecule has 10 nitrogen and oxygen atoms in total. The zero-order chi connectivity index (χ0) is 44.4. The van der Waals surface area contributed by atoms with Crippen LogP contribution in [0.4, 0.5) is 0 Å². The molecule has 11 unspecified atom stereocenters. The fourth-order valence-electron chi connectivity index (χ4n) is 15.0. The number of rotatable bonds is 12. The molecule has 9 rings (SSSR count). The van der Waals surface area contributed by atoms with Crippen molar-refractivity contribution in [3.05, 3.63) is 70.1 Å². The molecule has 5 N–H and O–H groups in total. The lowest BCUT2D eigenvalue weighted by atomic mass is 9.34. The third kappa shape index (κ3) is 6.69. The first-order valence-corrected chi connectivity index (χ1v) is 23.8. The van der Waals surface area contributed by atoms with E-state index in [0.29, 0.717) is 64.1 Å². The molecule has 2 aliphatic heterocycles. The zero-order valence-electron chi connectivity index (χ0n) is 38.8. The third-order valence-electron chi connectivity index (χ3n) is 18.4. The Bertz CT molecular complexity index is 2280. The molecule has 0 spiro atoms. The number of Topliss-reactive ketones (excluding diaryl/α,β-unsaturated/α-hetero) is 2. The minimum Gasteiger partial charge on any atom is -0.392 e. The lowest BCUT2D eigenvalue weighted by Gasteiger charge is -2.70. The summed E-state index contributed by atoms with van der Waals surface area (Å²) >= 11 is 0. The maximum atomic E-state index is 14.9. The zero-order valence-corrected chi connectivity index (χ0v) is 38.8. The minimum atomic E-state index is -0.908. The third-order valence-corrected chi connectivity index (χ3v) is 18.4. The van der Waals surface area contributed by atoms with Gasteiger partial charge in [-0.3, -0.25) is 9.59 Å². The number of aromatic amines is 1. The van der Waals surface area contributed by atoms with E-state index in [9.17, 15) is 24.9 Å². The summed E-state index contributed by atoms with van der Waals surface area (Å²) in [5, 5.41) is 40.0. The molecule has 0 amide bonds. The van der Waals surface area contributed by atoms with Crippen molar-refractivity contribution in [3.8, 4) is 0 Å². The van der Waals surface area contributed by atoms with Gasteiger partial charge in [0.15, 0.2) is 5.78 Å². The maximum Gasteiger partial charge on any atom is 0.160 e. The van der Waals surface area contributed by atoms with Crippen LogP contribution in [0.25, 0.3) is 11.0 Å². The molecule has 6 aliphatic rings. The molecule has 0 bridgehead atoms. The van der Waals surface area contributed by atoms with Crippen LogP contribution in [-0.4, -0.2) is 87.2 Å². The number of nitrogens with one attached hydrogen (secondary N) is 2. The van der Waals surface area contributed by atoms with Gasteiger partial charge in [-0.25, -0.2) is 0 Å². The first-order valence-electron chi connectivity index (χ1n) is 23.8. The van der Waals surface area contributed by atoms with E-state index in [4.69, 9.17) is 9.47 Å². The second kappa shape index (κ2) is 15.2. The highest BCUT2D eigenvalue weighted by molar-refractivity contribution is 6.01. The molecule has 5 fully saturated rings. The smallest absolute Gasteiger partial charge is 0.160 e. The second-order valence-corrected chi connectivity index (χ2v) is 22.5. The lowest BCUT2D eigenvalue weighted by Crippen LogP contribution is -2.68. The molecule has 1 aromatic carbocycles. The SMILES string of the molecule is CNCCC1(C)C(=O)CCC2(C)C1CCC1(C)C2C(O)C(Cn2cc(Cc3cc(C)cc(C4(O)CCOCC4)c3)c3[nH]ccc32)C2=C(C(C)CC(O)C3OC3(C)C)C(=O)CC21C. The molecule has 4 aliphatic carbocycles. The molecule has 3 aromatic rings. The van der Waals surface area contributed by atoms with Crippen LogP contribution in [0, 0.1) is 52.3 Å². The van der Waals surface area contributed by atoms with Crippen LogP contribution >= 0.6 is 0 Å². The molecule has 4 heterocycles. The van der Waals surface area contributed by atoms with Gasteiger partial charge in [-0.2, -0.15) is 0 Å². The average molecular weight is 852 g/mol. The largest absolute Gasteiger partial charge is 0.392 e. The summed E-state index contributed by atoms with van der Waals surface area (Å²) in [6.07, 6.45) is 8.85. The summed E-state index contributed by atoms with van der Waals surface area (Å²) in [5.74, 6) is -0.116. The van der Waals surface area contributed by atoms with Crippen LogP contribution < -0.4 is 5.32 Å². The van der Waals surface area contributed by atoms with Crippen molar-refractivity contribution in [2.45, 2.75) is 156 Å². The Morgan fingerprint density at radius 3 is 2.45 bits per heavy atom. The number of carbonyl (C=O) groups is 2. The summed E-state index contributed by atoms with van der Waals surface area (Å²) in [5.41, 5.74) is 5.29. The normalized spacial score (nSPS) is 37.3. The van der Waals surface area contributed by atoms with Crippen LogP contribution in [-0.2, 0) is 37.6 Å². The lowest BCUT2D eigenvalue weighted by molar-refractivity contribution is -0.222. The number of aromatic nitrogens is 2. The molecular weight excluding hydrogens is 779 g/mol. The van der Waals surface area contributed by atoms with Gasteiger partial charge in [0, 0.05) is 81.0 Å². The number of hydrogen-bond donors (Lipinski definition) is 5. The molecule has 11 atom stereocenters. The summed E-state index contributed by atoms with van der Waals surface area (Å²) < 4.78 is 13.8. The number of H-pyrrole nitrogens is 1. The molecule has 0 radical (unpaired) electrons. The van der Waals surface area contributed by atoms with Gasteiger partial charge in [0.25, 0.3) is 0 Å². The van der Waals surface area contributed by atoms with Crippen molar-refractivity contribution in [1.29, 1.82) is 0 Å². The summed E-state index contributed by atoms with van der Waals surface area (Å²) in [6, 6.07) is 8.59. The van der Waals surface area contributed by atoms with Crippen LogP contribution in [0.15, 0.2) is 47.8 Å². The molecular formula is C52H73N3O7. The monoisotopic (exact) mass is 852 g/mol. The first kappa shape index (κ1) is 44.1. The minimum absolute atomic E-state index is 0.118. The highest BCUT2D eigenvalue weighted by atomic mass is 16.6. The predicted molar refractivity (Wildman–Crippen MR) is 241 cm³/mol. The maximum absolute atomic E-state index is 14.9. The Balaban J connectivity index is 1.14. The van der Waals surface area contributed by atoms with E-state index in [1.165, 1.54) is 0 Å². The van der Waals surface area contributed by atoms with E-state index >= 15 is 0 Å². The number of nitrogens with zero attached hydrogens (tertiary/aromatic N) is 1. The average Bonchev–Trinajstić information content (AvgIpc) is 3.48. The number of carbonyl (C=O) groups excluding carboxylic acids is 2. The predicted octanol–water partition coefficient (Wildman–Crippen LogP) is 7.72. The van der Waals surface area contributed by atoms with Gasteiger partial charge in [0.2, 0.25) is 0 Å². The van der Waals surface area contributed by atoms with Gasteiger partial charge in [0.1, 0.15) is 11.9 Å². The van der Waals surface area contributed by atoms with E-state index in [2.05, 4.69) is 86.9 Å². The molecule has 2 saturated heterocycles. The molecule has 2 aromatic heterocycles. The first-order chi connectivity index (χ1) is 29.2. The van der Waals surface area contributed by atoms with Gasteiger partial charge in [-0.15, -0.1) is 0 Å². The number of ether oxygens (including phenoxy) is 2. The van der Waals surface area contributed by atoms with E-state index in [1.54, 1.807) is 0 Å². The van der Waals surface area contributed by atoms with Crippen LogP contribution in [0.3, 0.4) is 0 Å². The summed E-state index contributed by atoms with van der Waals surface area (Å²) in [6.45, 7) is 19.8. The topological polar surface area (TPSA) is 149 Å². The second-order valence-electron chi connectivity index (χ2n) is 22.5. The van der Waals surface area contributed by atoms with Crippen LogP contribution in [0.5, 0.6) is 0 Å². The van der Waals surface area contributed by atoms with Crippen molar-refractivity contribution < 1.29 is 34.4 Å². The van der Waals surface area contributed by atoms with Crippen molar-refractivity contribution in [2.24, 2.45) is 45.3 Å². The number of benzene rings is 1. The van der Waals surface area contributed by atoms with Crippen molar-refractivity contribution >= 4 is 22.6 Å². The number of aliphatic hydroxyl groups is 3. The van der Waals surface area contributed by atoms with E-state index in [-0.39, 0.29) is 46.6 Å². The Hall–Kier alpha value is -3.12. The number of ketones is 2. The van der Waals surface area contributed by atoms with Crippen LogP contribution in [0.2, 0.25) is 0 Å². The Morgan fingerprint density at radius 1 is 1.03 bits per heavy atom. The number of epoxide rings is 1. The molecule has 3 saturated carbocycles. The number of allylic oxidation sites excluding steroid dienone is 1. The van der Waals surface area contributed by atoms with E-state index in [0.717, 1.165) is 76.7 Å². The van der Waals surface area contributed by atoms with Gasteiger partial charge in [-0.05, 0) is 129 Å². The summed E-state index contributed by atoms with van der Waals surface area (Å²) in [7, 11) is 1.95. The van der Waals surface area contributed by atoms with Gasteiger partial charge < -0.3 is 39.7 Å². The Morgan fingerprint density at radius 2 is 1.76 bits per heavy atom. The molecule has 10 heteroatoms. The van der Waals surface area contributed by atoms with Gasteiger partial charge in [0.05, 0.1) is 34.4 Å². The molecule has 338 valence electrons. The Labute approximate surface area is 368 Å². The van der Waals surface area contributed by atoms with Crippen molar-refractivity contribution in [1.82, 2.24) is 14.9 Å². The highest BCUT2D eigenvalue weighted by Gasteiger charge is 2.72. The number of aliphatic hydroxyl groups excluding tert-OH is 2. The number of hydrogen-bond acceptors (Lipinski definition) is 8.